The Morgan fingerprint density at radius 2 is 1.87 bits per heavy atom. The maximum atomic E-state index is 13.2. The van der Waals surface area contributed by atoms with Gasteiger partial charge in [-0.3, -0.25) is 0 Å². The first-order valence-corrected chi connectivity index (χ1v) is 4.68. The Hall–Kier alpha value is -1.71. The van der Waals surface area contributed by atoms with E-state index in [4.69, 9.17) is 0 Å². The van der Waals surface area contributed by atoms with Crippen molar-refractivity contribution in [3.8, 4) is 0 Å². The predicted octanol–water partition coefficient (Wildman–Crippen LogP) is 2.47. The summed E-state index contributed by atoms with van der Waals surface area (Å²) in [7, 11) is 0. The molecule has 4 heteroatoms. The third-order valence-electron chi connectivity index (χ3n) is 2.25. The monoisotopic (exact) mass is 208 g/mol. The van der Waals surface area contributed by atoms with Crippen LogP contribution in [0.3, 0.4) is 0 Å². The zero-order valence-corrected chi connectivity index (χ0v) is 8.00. The van der Waals surface area contributed by atoms with E-state index in [1.165, 1.54) is 18.2 Å². The van der Waals surface area contributed by atoms with E-state index in [2.05, 4.69) is 9.97 Å². The van der Waals surface area contributed by atoms with Crippen LogP contribution in [0, 0.1) is 11.6 Å². The maximum Gasteiger partial charge on any atom is 0.129 e. The highest BCUT2D eigenvalue weighted by atomic mass is 19.1. The minimum atomic E-state index is -0.495. The standard InChI is InChI=1S/C11H10F2N2/c12-10-2-1-3-11(13)9(10)5-4-8-6-14-7-15-8/h1-3,6-7H,4-5H2,(H,14,15). The third kappa shape index (κ3) is 2.21. The van der Waals surface area contributed by atoms with Crippen molar-refractivity contribution in [2.45, 2.75) is 12.8 Å². The topological polar surface area (TPSA) is 28.7 Å². The summed E-state index contributed by atoms with van der Waals surface area (Å²) in [6.07, 6.45) is 4.12. The third-order valence-corrected chi connectivity index (χ3v) is 2.25. The summed E-state index contributed by atoms with van der Waals surface area (Å²) >= 11 is 0. The van der Waals surface area contributed by atoms with Crippen molar-refractivity contribution >= 4 is 0 Å². The van der Waals surface area contributed by atoms with E-state index >= 15 is 0 Å². The Bertz CT molecular complexity index is 418. The zero-order valence-electron chi connectivity index (χ0n) is 8.00. The van der Waals surface area contributed by atoms with Crippen molar-refractivity contribution in [3.05, 3.63) is 53.6 Å². The molecule has 0 saturated heterocycles. The highest BCUT2D eigenvalue weighted by Crippen LogP contribution is 2.14. The second-order valence-electron chi connectivity index (χ2n) is 3.26. The zero-order chi connectivity index (χ0) is 10.7. The van der Waals surface area contributed by atoms with Gasteiger partial charge in [0.05, 0.1) is 12.0 Å². The van der Waals surface area contributed by atoms with Crippen LogP contribution in [-0.4, -0.2) is 9.97 Å². The first-order valence-electron chi connectivity index (χ1n) is 4.68. The van der Waals surface area contributed by atoms with Gasteiger partial charge < -0.3 is 4.98 Å². The lowest BCUT2D eigenvalue weighted by Gasteiger charge is -2.02. The number of aryl methyl sites for hydroxylation is 1. The van der Waals surface area contributed by atoms with Gasteiger partial charge in [0, 0.05) is 11.8 Å². The fourth-order valence-corrected chi connectivity index (χ4v) is 1.45. The number of rotatable bonds is 3. The quantitative estimate of drug-likeness (QED) is 0.824. The summed E-state index contributed by atoms with van der Waals surface area (Å²) in [5.41, 5.74) is 0.929. The predicted molar refractivity (Wildman–Crippen MR) is 52.4 cm³/mol. The van der Waals surface area contributed by atoms with E-state index in [1.54, 1.807) is 12.5 Å². The van der Waals surface area contributed by atoms with Gasteiger partial charge >= 0.3 is 0 Å². The summed E-state index contributed by atoms with van der Waals surface area (Å²) in [6, 6.07) is 3.90. The molecular formula is C11H10F2N2. The van der Waals surface area contributed by atoms with Crippen LogP contribution >= 0.6 is 0 Å². The molecule has 0 aliphatic rings. The van der Waals surface area contributed by atoms with Crippen molar-refractivity contribution in [2.24, 2.45) is 0 Å². The Kier molecular flexibility index (Phi) is 2.76. The molecule has 1 N–H and O–H groups in total. The van der Waals surface area contributed by atoms with Gasteiger partial charge in [0.1, 0.15) is 11.6 Å². The molecule has 0 fully saturated rings. The summed E-state index contributed by atoms with van der Waals surface area (Å²) in [6.45, 7) is 0. The minimum absolute atomic E-state index is 0.125. The lowest BCUT2D eigenvalue weighted by atomic mass is 10.1. The molecule has 1 aromatic carbocycles. The lowest BCUT2D eigenvalue weighted by molar-refractivity contribution is 0.554. The molecule has 0 amide bonds. The van der Waals surface area contributed by atoms with Crippen molar-refractivity contribution in [3.63, 3.8) is 0 Å². The van der Waals surface area contributed by atoms with Gasteiger partial charge in [0.15, 0.2) is 0 Å². The lowest BCUT2D eigenvalue weighted by Crippen LogP contribution is -1.98. The Morgan fingerprint density at radius 1 is 1.13 bits per heavy atom. The number of aromatic amines is 1. The molecule has 1 heterocycles. The maximum absolute atomic E-state index is 13.2. The molecule has 2 rings (SSSR count). The van der Waals surface area contributed by atoms with Crippen LogP contribution < -0.4 is 0 Å². The first kappa shape index (κ1) is 9.83. The van der Waals surface area contributed by atoms with Gasteiger partial charge in [-0.15, -0.1) is 0 Å². The van der Waals surface area contributed by atoms with Crippen LogP contribution in [0.15, 0.2) is 30.7 Å². The minimum Gasteiger partial charge on any atom is -0.351 e. The number of imidazole rings is 1. The van der Waals surface area contributed by atoms with E-state index < -0.39 is 11.6 Å². The Balaban J connectivity index is 2.11. The molecule has 78 valence electrons. The molecule has 0 saturated carbocycles. The van der Waals surface area contributed by atoms with Gasteiger partial charge in [-0.25, -0.2) is 13.8 Å². The van der Waals surface area contributed by atoms with E-state index in [1.807, 2.05) is 0 Å². The van der Waals surface area contributed by atoms with Crippen LogP contribution in [0.5, 0.6) is 0 Å². The average Bonchev–Trinajstić information content (AvgIpc) is 2.70. The molecule has 0 atom stereocenters. The summed E-state index contributed by atoms with van der Waals surface area (Å²) < 4.78 is 26.4. The molecule has 0 aliphatic heterocycles. The highest BCUT2D eigenvalue weighted by Gasteiger charge is 2.08. The molecule has 2 nitrogen and oxygen atoms in total. The van der Waals surface area contributed by atoms with Gasteiger partial charge in [0.2, 0.25) is 0 Å². The molecule has 0 spiro atoms. The van der Waals surface area contributed by atoms with Crippen LogP contribution in [0.25, 0.3) is 0 Å². The molecule has 0 bridgehead atoms. The van der Waals surface area contributed by atoms with Crippen molar-refractivity contribution in [2.75, 3.05) is 0 Å². The number of benzene rings is 1. The number of halogens is 2. The van der Waals surface area contributed by atoms with Crippen LogP contribution in [0.1, 0.15) is 11.3 Å². The molecular weight excluding hydrogens is 198 g/mol. The molecule has 1 aromatic heterocycles. The fraction of sp³-hybridized carbons (Fsp3) is 0.182. The number of nitrogens with zero attached hydrogens (tertiary/aromatic N) is 1. The molecule has 15 heavy (non-hydrogen) atoms. The summed E-state index contributed by atoms with van der Waals surface area (Å²) in [5, 5.41) is 0. The van der Waals surface area contributed by atoms with Gasteiger partial charge in [-0.2, -0.15) is 0 Å². The smallest absolute Gasteiger partial charge is 0.129 e. The molecule has 0 unspecified atom stereocenters. The van der Waals surface area contributed by atoms with Crippen LogP contribution in [0.2, 0.25) is 0 Å². The molecule has 2 aromatic rings. The first-order chi connectivity index (χ1) is 7.27. The summed E-state index contributed by atoms with van der Waals surface area (Å²) in [5.74, 6) is -0.990. The van der Waals surface area contributed by atoms with Crippen LogP contribution in [-0.2, 0) is 12.8 Å². The van der Waals surface area contributed by atoms with E-state index in [9.17, 15) is 8.78 Å². The van der Waals surface area contributed by atoms with E-state index in [0.717, 1.165) is 5.69 Å². The fourth-order valence-electron chi connectivity index (χ4n) is 1.45. The number of aromatic nitrogens is 2. The van der Waals surface area contributed by atoms with Crippen LogP contribution in [0.4, 0.5) is 8.78 Å². The Labute approximate surface area is 86.0 Å². The largest absolute Gasteiger partial charge is 0.351 e. The van der Waals surface area contributed by atoms with E-state index in [-0.39, 0.29) is 5.56 Å². The Morgan fingerprint density at radius 3 is 2.47 bits per heavy atom. The second kappa shape index (κ2) is 4.21. The highest BCUT2D eigenvalue weighted by molar-refractivity contribution is 5.20. The van der Waals surface area contributed by atoms with Crippen molar-refractivity contribution in [1.29, 1.82) is 0 Å². The second-order valence-corrected chi connectivity index (χ2v) is 3.26. The number of hydrogen-bond donors (Lipinski definition) is 1. The molecule has 0 aliphatic carbocycles. The number of H-pyrrole nitrogens is 1. The number of nitrogens with one attached hydrogen (secondary N) is 1. The summed E-state index contributed by atoms with van der Waals surface area (Å²) in [4.78, 5) is 6.79. The molecule has 0 radical (unpaired) electrons. The normalized spacial score (nSPS) is 10.5. The van der Waals surface area contributed by atoms with Crippen molar-refractivity contribution in [1.82, 2.24) is 9.97 Å². The van der Waals surface area contributed by atoms with Gasteiger partial charge in [-0.1, -0.05) is 6.07 Å². The average molecular weight is 208 g/mol. The SMILES string of the molecule is Fc1cccc(F)c1CCc1c[nH]cn1. The number of hydrogen-bond acceptors (Lipinski definition) is 1. The van der Waals surface area contributed by atoms with E-state index in [0.29, 0.717) is 12.8 Å². The van der Waals surface area contributed by atoms with Crippen molar-refractivity contribution < 1.29 is 8.78 Å². The van der Waals surface area contributed by atoms with Gasteiger partial charge in [-0.05, 0) is 25.0 Å². The van der Waals surface area contributed by atoms with Gasteiger partial charge in [0.25, 0.3) is 0 Å².